The molecule has 0 aromatic rings. The van der Waals surface area contributed by atoms with Crippen LogP contribution in [-0.2, 0) is 43.2 Å². The quantitative estimate of drug-likeness (QED) is 0.0549. The molecule has 2 fully saturated rings. The Morgan fingerprint density at radius 1 is 0.648 bits per heavy atom. The second kappa shape index (κ2) is 21.1. The maximum Gasteiger partial charge on any atom is 0.328 e. The molecule has 0 aromatic carbocycles. The number of primary amides is 1. The van der Waals surface area contributed by atoms with Crippen LogP contribution in [0, 0.1) is 5.92 Å². The van der Waals surface area contributed by atoms with Crippen molar-refractivity contribution in [1.82, 2.24) is 36.4 Å². The molecule has 0 unspecified atom stereocenters. The molecule has 8 amide bonds. The standard InChI is InChI=1S/C32H53N9O13/c1-15(2)24(34)29(50)37-18(12-42)26(47)36-17(8-9-23(33)45)30(51)40-10-4-6-21(40)27(48)35-16(3)25(46)38-19(13-43)31(52)41-11-5-7-22(41)28(49)39-20(14-44)32(53)54/h15-22,24,42-44H,4-14,34H2,1-3H3,(H2,33,45)(H,35,48)(H,36,47)(H,37,50)(H,38,46)(H,39,49)(H,53,54)/t16-,17-,18-,19-,20-,21-,22-,24-/m0/s1. The molecule has 54 heavy (non-hydrogen) atoms. The largest absolute Gasteiger partial charge is 0.480 e. The van der Waals surface area contributed by atoms with Gasteiger partial charge < -0.3 is 68.3 Å². The Balaban J connectivity index is 2.11. The van der Waals surface area contributed by atoms with Gasteiger partial charge in [0, 0.05) is 19.5 Å². The summed E-state index contributed by atoms with van der Waals surface area (Å²) in [5.74, 6) is -8.39. The molecule has 22 nitrogen and oxygen atoms in total. The normalized spacial score (nSPS) is 20.1. The summed E-state index contributed by atoms with van der Waals surface area (Å²) < 4.78 is 0. The van der Waals surface area contributed by atoms with E-state index in [0.29, 0.717) is 12.8 Å². The third kappa shape index (κ3) is 12.3. The van der Waals surface area contributed by atoms with Crippen LogP contribution in [0.15, 0.2) is 0 Å². The number of aliphatic carboxylic acids is 1. The summed E-state index contributed by atoms with van der Waals surface area (Å²) in [5.41, 5.74) is 11.1. The molecule has 0 radical (unpaired) electrons. The fraction of sp³-hybridized carbons (Fsp3) is 0.719. The number of carbonyl (C=O) groups is 9. The zero-order valence-corrected chi connectivity index (χ0v) is 30.5. The van der Waals surface area contributed by atoms with Crippen molar-refractivity contribution in [3.8, 4) is 0 Å². The molecule has 2 aliphatic rings. The van der Waals surface area contributed by atoms with Crippen molar-refractivity contribution in [2.75, 3.05) is 32.9 Å². The summed E-state index contributed by atoms with van der Waals surface area (Å²) in [6.45, 7) is 2.13. The third-order valence-corrected chi connectivity index (χ3v) is 9.15. The van der Waals surface area contributed by atoms with Gasteiger partial charge in [0.2, 0.25) is 47.3 Å². The number of hydrogen-bond acceptors (Lipinski definition) is 13. The number of carboxylic acids is 1. The molecule has 2 heterocycles. The third-order valence-electron chi connectivity index (χ3n) is 9.15. The van der Waals surface area contributed by atoms with Crippen molar-refractivity contribution in [3.63, 3.8) is 0 Å². The van der Waals surface area contributed by atoms with Crippen LogP contribution in [0.5, 0.6) is 0 Å². The number of nitrogens with two attached hydrogens (primary N) is 2. The number of hydrogen-bond donors (Lipinski definition) is 11. The first-order valence-electron chi connectivity index (χ1n) is 17.6. The second-order valence-corrected chi connectivity index (χ2v) is 13.5. The molecular weight excluding hydrogens is 718 g/mol. The summed E-state index contributed by atoms with van der Waals surface area (Å²) in [7, 11) is 0. The van der Waals surface area contributed by atoms with Crippen LogP contribution in [0.1, 0.15) is 59.3 Å². The Bertz CT molecular complexity index is 1410. The second-order valence-electron chi connectivity index (χ2n) is 13.5. The number of amides is 8. The van der Waals surface area contributed by atoms with E-state index in [2.05, 4.69) is 26.6 Å². The van der Waals surface area contributed by atoms with Crippen LogP contribution < -0.4 is 38.1 Å². The van der Waals surface area contributed by atoms with Crippen LogP contribution in [0.25, 0.3) is 0 Å². The molecule has 2 rings (SSSR count). The van der Waals surface area contributed by atoms with Crippen LogP contribution in [-0.4, -0.2) is 165 Å². The summed E-state index contributed by atoms with van der Waals surface area (Å²) in [5, 5.41) is 49.7. The fourth-order valence-corrected chi connectivity index (χ4v) is 5.90. The monoisotopic (exact) mass is 771 g/mol. The van der Waals surface area contributed by atoms with E-state index in [9.17, 15) is 58.5 Å². The minimum atomic E-state index is -1.61. The van der Waals surface area contributed by atoms with E-state index >= 15 is 0 Å². The summed E-state index contributed by atoms with van der Waals surface area (Å²) in [6, 6.07) is -10.6. The summed E-state index contributed by atoms with van der Waals surface area (Å²) in [6.07, 6.45) is 0.392. The Kier molecular flexibility index (Phi) is 17.7. The molecule has 304 valence electrons. The lowest BCUT2D eigenvalue weighted by Gasteiger charge is -2.31. The molecular formula is C32H53N9O13. The molecule has 0 aliphatic carbocycles. The maximum absolute atomic E-state index is 13.7. The van der Waals surface area contributed by atoms with Crippen molar-refractivity contribution in [1.29, 1.82) is 0 Å². The first-order valence-corrected chi connectivity index (χ1v) is 17.6. The molecule has 22 heteroatoms. The number of likely N-dealkylation sites (tertiary alicyclic amines) is 2. The molecule has 8 atom stereocenters. The van der Waals surface area contributed by atoms with Gasteiger partial charge in [-0.2, -0.15) is 0 Å². The topological polar surface area (TPSA) is 353 Å². The highest BCUT2D eigenvalue weighted by Gasteiger charge is 2.41. The Morgan fingerprint density at radius 3 is 1.57 bits per heavy atom. The van der Waals surface area contributed by atoms with E-state index in [1.807, 2.05) is 0 Å². The number of aliphatic hydroxyl groups excluding tert-OH is 3. The van der Waals surface area contributed by atoms with Crippen molar-refractivity contribution in [2.24, 2.45) is 17.4 Å². The van der Waals surface area contributed by atoms with Crippen molar-refractivity contribution >= 4 is 53.2 Å². The van der Waals surface area contributed by atoms with Crippen molar-refractivity contribution in [2.45, 2.75) is 108 Å². The van der Waals surface area contributed by atoms with Crippen LogP contribution >= 0.6 is 0 Å². The van der Waals surface area contributed by atoms with Gasteiger partial charge in [-0.1, -0.05) is 13.8 Å². The molecule has 2 saturated heterocycles. The number of carboxylic acid groups (broad SMARTS) is 1. The average molecular weight is 772 g/mol. The van der Waals surface area contributed by atoms with E-state index in [1.165, 1.54) is 6.92 Å². The number of nitrogens with one attached hydrogen (secondary N) is 5. The molecule has 0 aromatic heterocycles. The Hall–Kier alpha value is -4.93. The lowest BCUT2D eigenvalue weighted by Crippen LogP contribution is -2.60. The number of carbonyl (C=O) groups excluding carboxylic acids is 8. The number of rotatable bonds is 20. The summed E-state index contributed by atoms with van der Waals surface area (Å²) in [4.78, 5) is 117. The number of nitrogens with zero attached hydrogens (tertiary/aromatic N) is 2. The van der Waals surface area contributed by atoms with Gasteiger partial charge in [-0.25, -0.2) is 4.79 Å². The minimum absolute atomic E-state index is 0.0560. The highest BCUT2D eigenvalue weighted by molar-refractivity contribution is 5.98. The molecule has 13 N–H and O–H groups in total. The van der Waals surface area contributed by atoms with Crippen molar-refractivity contribution in [3.05, 3.63) is 0 Å². The van der Waals surface area contributed by atoms with Gasteiger partial charge in [0.25, 0.3) is 0 Å². The average Bonchev–Trinajstić information content (AvgIpc) is 3.83. The van der Waals surface area contributed by atoms with Crippen molar-refractivity contribution < 1.29 is 63.6 Å². The zero-order chi connectivity index (χ0) is 40.9. The van der Waals surface area contributed by atoms with Gasteiger partial charge in [-0.3, -0.25) is 38.4 Å². The van der Waals surface area contributed by atoms with E-state index in [0.717, 1.165) is 9.80 Å². The first-order chi connectivity index (χ1) is 25.4. The van der Waals surface area contributed by atoms with Gasteiger partial charge in [0.15, 0.2) is 0 Å². The van der Waals surface area contributed by atoms with Gasteiger partial charge >= 0.3 is 5.97 Å². The van der Waals surface area contributed by atoms with Gasteiger partial charge in [-0.15, -0.1) is 0 Å². The fourth-order valence-electron chi connectivity index (χ4n) is 5.90. The van der Waals surface area contributed by atoms with E-state index < -0.39 is 121 Å². The Morgan fingerprint density at radius 2 is 1.11 bits per heavy atom. The lowest BCUT2D eigenvalue weighted by molar-refractivity contribution is -0.146. The highest BCUT2D eigenvalue weighted by Crippen LogP contribution is 2.21. The van der Waals surface area contributed by atoms with Crippen LogP contribution in [0.4, 0.5) is 0 Å². The molecule has 0 saturated carbocycles. The maximum atomic E-state index is 13.7. The highest BCUT2D eigenvalue weighted by atomic mass is 16.4. The van der Waals surface area contributed by atoms with Crippen LogP contribution in [0.2, 0.25) is 0 Å². The smallest absolute Gasteiger partial charge is 0.328 e. The molecule has 0 bridgehead atoms. The lowest BCUT2D eigenvalue weighted by atomic mass is 10.0. The predicted molar refractivity (Wildman–Crippen MR) is 185 cm³/mol. The SMILES string of the molecule is CC(C)[C@H](N)C(=O)N[C@@H](CO)C(=O)N[C@@H](CCC(N)=O)C(=O)N1CCC[C@H]1C(=O)N[C@@H](C)C(=O)N[C@@H](CO)C(=O)N1CCC[C@H]1C(=O)N[C@@H](CO)C(=O)O. The van der Waals surface area contributed by atoms with E-state index in [1.54, 1.807) is 13.8 Å². The van der Waals surface area contributed by atoms with E-state index in [4.69, 9.17) is 16.6 Å². The zero-order valence-electron chi connectivity index (χ0n) is 30.5. The number of aliphatic hydroxyl groups is 3. The van der Waals surface area contributed by atoms with Gasteiger partial charge in [0.1, 0.15) is 42.3 Å². The predicted octanol–water partition coefficient (Wildman–Crippen LogP) is -6.28. The Labute approximate surface area is 311 Å². The van der Waals surface area contributed by atoms with E-state index in [-0.39, 0.29) is 44.7 Å². The van der Waals surface area contributed by atoms with Crippen LogP contribution in [0.3, 0.4) is 0 Å². The molecule has 2 aliphatic heterocycles. The van der Waals surface area contributed by atoms with Gasteiger partial charge in [-0.05, 0) is 44.9 Å². The molecule has 0 spiro atoms. The first kappa shape index (κ1) is 45.2. The minimum Gasteiger partial charge on any atom is -0.480 e. The van der Waals surface area contributed by atoms with Gasteiger partial charge in [0.05, 0.1) is 25.9 Å². The summed E-state index contributed by atoms with van der Waals surface area (Å²) >= 11 is 0.